The quantitative estimate of drug-likeness (QED) is 0.314. The van der Waals surface area contributed by atoms with Crippen LogP contribution in [0.1, 0.15) is 11.1 Å². The molecule has 0 heterocycles. The van der Waals surface area contributed by atoms with Crippen LogP contribution >= 0.6 is 11.6 Å². The Morgan fingerprint density at radius 1 is 0.829 bits per heavy atom. The van der Waals surface area contributed by atoms with Gasteiger partial charge in [0, 0.05) is 16.3 Å². The first-order valence-electron chi connectivity index (χ1n) is 11.1. The molecule has 0 saturated carbocycles. The van der Waals surface area contributed by atoms with Crippen molar-refractivity contribution in [3.8, 4) is 11.1 Å². The number of nitrogens with zero attached hydrogens (tertiary/aromatic N) is 1. The first-order chi connectivity index (χ1) is 16.8. The van der Waals surface area contributed by atoms with Gasteiger partial charge in [-0.25, -0.2) is 8.42 Å². The molecule has 1 N–H and O–H groups in total. The highest BCUT2D eigenvalue weighted by atomic mass is 35.5. The third kappa shape index (κ3) is 5.56. The Bertz CT molecular complexity index is 1450. The molecule has 0 atom stereocenters. The van der Waals surface area contributed by atoms with Gasteiger partial charge >= 0.3 is 0 Å². The van der Waals surface area contributed by atoms with Crippen molar-refractivity contribution in [2.24, 2.45) is 0 Å². The van der Waals surface area contributed by atoms with Crippen LogP contribution < -0.4 is 9.62 Å². The standard InChI is InChI=1S/C28H25ClN2O3S/c1-20-12-15-24(18-21(20)2)31(35(33,34)25-16-13-23(29)14-17-25)19-28(32)30-27-11-7-6-10-26(27)22-8-4-3-5-9-22/h3-18H,19H2,1-2H3,(H,30,32). The highest BCUT2D eigenvalue weighted by Crippen LogP contribution is 2.29. The third-order valence-corrected chi connectivity index (χ3v) is 7.79. The molecule has 7 heteroatoms. The highest BCUT2D eigenvalue weighted by molar-refractivity contribution is 7.92. The van der Waals surface area contributed by atoms with E-state index in [0.29, 0.717) is 16.4 Å². The van der Waals surface area contributed by atoms with Gasteiger partial charge in [-0.2, -0.15) is 0 Å². The number of carbonyl (C=O) groups is 1. The first-order valence-corrected chi connectivity index (χ1v) is 12.9. The Kier molecular flexibility index (Phi) is 7.24. The van der Waals surface area contributed by atoms with E-state index in [1.807, 2.05) is 68.4 Å². The topological polar surface area (TPSA) is 66.5 Å². The van der Waals surface area contributed by atoms with Crippen LogP contribution in [-0.4, -0.2) is 20.9 Å². The van der Waals surface area contributed by atoms with Gasteiger partial charge < -0.3 is 5.32 Å². The molecule has 0 aromatic heterocycles. The van der Waals surface area contributed by atoms with Gasteiger partial charge in [0.05, 0.1) is 10.6 Å². The number of hydrogen-bond acceptors (Lipinski definition) is 3. The molecule has 0 bridgehead atoms. The molecule has 4 rings (SSSR count). The summed E-state index contributed by atoms with van der Waals surface area (Å²) < 4.78 is 28.4. The molecule has 178 valence electrons. The maximum Gasteiger partial charge on any atom is 0.264 e. The number of aryl methyl sites for hydroxylation is 2. The summed E-state index contributed by atoms with van der Waals surface area (Å²) in [4.78, 5) is 13.3. The molecule has 0 unspecified atom stereocenters. The smallest absolute Gasteiger partial charge is 0.264 e. The van der Waals surface area contributed by atoms with Crippen molar-refractivity contribution in [1.29, 1.82) is 0 Å². The minimum Gasteiger partial charge on any atom is -0.324 e. The second-order valence-electron chi connectivity index (χ2n) is 8.19. The molecule has 0 aliphatic heterocycles. The van der Waals surface area contributed by atoms with Crippen molar-refractivity contribution in [1.82, 2.24) is 0 Å². The fourth-order valence-corrected chi connectivity index (χ4v) is 5.25. The van der Waals surface area contributed by atoms with Crippen molar-refractivity contribution < 1.29 is 13.2 Å². The van der Waals surface area contributed by atoms with Crippen molar-refractivity contribution >= 4 is 38.9 Å². The van der Waals surface area contributed by atoms with Crippen LogP contribution in [0.2, 0.25) is 5.02 Å². The van der Waals surface area contributed by atoms with Gasteiger partial charge in [-0.05, 0) is 73.0 Å². The number of amides is 1. The number of anilines is 2. The van der Waals surface area contributed by atoms with E-state index in [1.165, 1.54) is 24.3 Å². The van der Waals surface area contributed by atoms with Crippen molar-refractivity contribution in [2.45, 2.75) is 18.7 Å². The summed E-state index contributed by atoms with van der Waals surface area (Å²) in [7, 11) is -4.04. The Morgan fingerprint density at radius 2 is 1.49 bits per heavy atom. The van der Waals surface area contributed by atoms with Gasteiger partial charge in [0.15, 0.2) is 0 Å². The summed E-state index contributed by atoms with van der Waals surface area (Å²) in [5.41, 5.74) is 4.76. The van der Waals surface area contributed by atoms with Crippen LogP contribution in [0.5, 0.6) is 0 Å². The van der Waals surface area contributed by atoms with Gasteiger partial charge in [0.2, 0.25) is 5.91 Å². The molecule has 0 saturated heterocycles. The lowest BCUT2D eigenvalue weighted by Gasteiger charge is -2.25. The number of halogens is 1. The Balaban J connectivity index is 1.69. The van der Waals surface area contributed by atoms with E-state index in [0.717, 1.165) is 26.6 Å². The van der Waals surface area contributed by atoms with E-state index in [9.17, 15) is 13.2 Å². The summed E-state index contributed by atoms with van der Waals surface area (Å²) in [6, 6.07) is 28.4. The molecular weight excluding hydrogens is 480 g/mol. The monoisotopic (exact) mass is 504 g/mol. The lowest BCUT2D eigenvalue weighted by atomic mass is 10.0. The zero-order valence-corrected chi connectivity index (χ0v) is 21.0. The molecule has 4 aromatic carbocycles. The number of hydrogen-bond donors (Lipinski definition) is 1. The molecule has 5 nitrogen and oxygen atoms in total. The zero-order chi connectivity index (χ0) is 25.0. The van der Waals surface area contributed by atoms with Crippen LogP contribution in [-0.2, 0) is 14.8 Å². The average Bonchev–Trinajstić information content (AvgIpc) is 2.85. The summed E-state index contributed by atoms with van der Waals surface area (Å²) in [5, 5.41) is 3.33. The van der Waals surface area contributed by atoms with Gasteiger partial charge in [-0.1, -0.05) is 66.2 Å². The maximum absolute atomic E-state index is 13.6. The molecule has 0 fully saturated rings. The molecule has 0 spiro atoms. The minimum atomic E-state index is -4.04. The molecule has 1 amide bonds. The van der Waals surface area contributed by atoms with Crippen molar-refractivity contribution in [2.75, 3.05) is 16.2 Å². The second-order valence-corrected chi connectivity index (χ2v) is 10.5. The molecular formula is C28H25ClN2O3S. The number of nitrogens with one attached hydrogen (secondary N) is 1. The Labute approximate surface area is 211 Å². The van der Waals surface area contributed by atoms with Gasteiger partial charge in [0.25, 0.3) is 10.0 Å². The van der Waals surface area contributed by atoms with Gasteiger partial charge in [-0.3, -0.25) is 9.10 Å². The second kappa shape index (κ2) is 10.3. The van der Waals surface area contributed by atoms with E-state index in [4.69, 9.17) is 11.6 Å². The Hall–Kier alpha value is -3.61. The SMILES string of the molecule is Cc1ccc(N(CC(=O)Nc2ccccc2-c2ccccc2)S(=O)(=O)c2ccc(Cl)cc2)cc1C. The van der Waals surface area contributed by atoms with E-state index in [2.05, 4.69) is 5.32 Å². The summed E-state index contributed by atoms with van der Waals surface area (Å²) in [5.74, 6) is -0.454. The van der Waals surface area contributed by atoms with Gasteiger partial charge in [-0.15, -0.1) is 0 Å². The molecule has 0 radical (unpaired) electrons. The summed E-state index contributed by atoms with van der Waals surface area (Å²) >= 11 is 5.96. The van der Waals surface area contributed by atoms with E-state index < -0.39 is 22.5 Å². The number of benzene rings is 4. The number of para-hydroxylation sites is 1. The fourth-order valence-electron chi connectivity index (χ4n) is 3.71. The lowest BCUT2D eigenvalue weighted by molar-refractivity contribution is -0.114. The third-order valence-electron chi connectivity index (χ3n) is 5.75. The number of sulfonamides is 1. The van der Waals surface area contributed by atoms with Crippen LogP contribution in [0, 0.1) is 13.8 Å². The first kappa shape index (κ1) is 24.5. The van der Waals surface area contributed by atoms with Gasteiger partial charge in [0.1, 0.15) is 6.54 Å². The van der Waals surface area contributed by atoms with E-state index in [1.54, 1.807) is 18.2 Å². The van der Waals surface area contributed by atoms with Crippen LogP contribution in [0.15, 0.2) is 102 Å². The van der Waals surface area contributed by atoms with Crippen molar-refractivity contribution in [3.63, 3.8) is 0 Å². The Morgan fingerprint density at radius 3 is 2.17 bits per heavy atom. The van der Waals surface area contributed by atoms with E-state index in [-0.39, 0.29) is 4.90 Å². The minimum absolute atomic E-state index is 0.0533. The number of carbonyl (C=O) groups excluding carboxylic acids is 1. The predicted octanol–water partition coefficient (Wildman–Crippen LogP) is 6.46. The van der Waals surface area contributed by atoms with Crippen molar-refractivity contribution in [3.05, 3.63) is 113 Å². The largest absolute Gasteiger partial charge is 0.324 e. The van der Waals surface area contributed by atoms with E-state index >= 15 is 0 Å². The molecule has 35 heavy (non-hydrogen) atoms. The molecule has 0 aliphatic rings. The number of rotatable bonds is 7. The molecule has 0 aliphatic carbocycles. The average molecular weight is 505 g/mol. The van der Waals surface area contributed by atoms with Crippen LogP contribution in [0.4, 0.5) is 11.4 Å². The highest BCUT2D eigenvalue weighted by Gasteiger charge is 2.28. The zero-order valence-electron chi connectivity index (χ0n) is 19.4. The maximum atomic E-state index is 13.6. The predicted molar refractivity (Wildman–Crippen MR) is 142 cm³/mol. The fraction of sp³-hybridized carbons (Fsp3) is 0.107. The normalized spacial score (nSPS) is 11.2. The lowest BCUT2D eigenvalue weighted by Crippen LogP contribution is -2.38. The summed E-state index contributed by atoms with van der Waals surface area (Å²) in [6.07, 6.45) is 0. The summed E-state index contributed by atoms with van der Waals surface area (Å²) in [6.45, 7) is 3.46. The van der Waals surface area contributed by atoms with Crippen LogP contribution in [0.3, 0.4) is 0 Å². The van der Waals surface area contributed by atoms with Crippen LogP contribution in [0.25, 0.3) is 11.1 Å². The molecule has 4 aromatic rings.